The Morgan fingerprint density at radius 1 is 1.29 bits per heavy atom. The van der Waals surface area contributed by atoms with E-state index >= 15 is 0 Å². The van der Waals surface area contributed by atoms with Crippen molar-refractivity contribution >= 4 is 6.03 Å². The third-order valence-electron chi connectivity index (χ3n) is 3.89. The number of hydrogen-bond donors (Lipinski definition) is 1. The van der Waals surface area contributed by atoms with Gasteiger partial charge in [-0.05, 0) is 44.4 Å². The van der Waals surface area contributed by atoms with E-state index < -0.39 is 6.10 Å². The summed E-state index contributed by atoms with van der Waals surface area (Å²) in [5, 5.41) is 10.3. The summed E-state index contributed by atoms with van der Waals surface area (Å²) in [6.45, 7) is 5.47. The van der Waals surface area contributed by atoms with Crippen LogP contribution in [-0.4, -0.2) is 46.6 Å². The van der Waals surface area contributed by atoms with Gasteiger partial charge in [-0.15, -0.1) is 0 Å². The number of aliphatic hydroxyl groups is 1. The molecule has 1 fully saturated rings. The number of hydrogen-bond acceptors (Lipinski definition) is 2. The van der Waals surface area contributed by atoms with E-state index in [-0.39, 0.29) is 24.4 Å². The van der Waals surface area contributed by atoms with Gasteiger partial charge in [0.25, 0.3) is 0 Å². The lowest BCUT2D eigenvalue weighted by Gasteiger charge is -2.31. The van der Waals surface area contributed by atoms with Gasteiger partial charge in [0, 0.05) is 19.1 Å². The average molecular weight is 294 g/mol. The maximum absolute atomic E-state index is 12.9. The Kier molecular flexibility index (Phi) is 5.17. The first-order chi connectivity index (χ1) is 10.1. The molecule has 1 saturated carbocycles. The van der Waals surface area contributed by atoms with Crippen LogP contribution in [0.15, 0.2) is 24.3 Å². The van der Waals surface area contributed by atoms with Crippen LogP contribution in [-0.2, 0) is 0 Å². The summed E-state index contributed by atoms with van der Waals surface area (Å²) in [6, 6.07) is 5.98. The second-order valence-electron chi connectivity index (χ2n) is 5.41. The van der Waals surface area contributed by atoms with Crippen LogP contribution in [0.4, 0.5) is 9.18 Å². The first-order valence-corrected chi connectivity index (χ1v) is 7.55. The number of halogens is 1. The highest BCUT2D eigenvalue weighted by molar-refractivity contribution is 5.75. The van der Waals surface area contributed by atoms with Gasteiger partial charge >= 0.3 is 6.03 Å². The van der Waals surface area contributed by atoms with Crippen LogP contribution in [0.2, 0.25) is 0 Å². The molecule has 0 radical (unpaired) electrons. The second-order valence-corrected chi connectivity index (χ2v) is 5.41. The molecular formula is C16H23FN2O2. The predicted octanol–water partition coefficient (Wildman–Crippen LogP) is 2.79. The fraction of sp³-hybridized carbons (Fsp3) is 0.562. The number of nitrogens with zero attached hydrogens (tertiary/aromatic N) is 2. The fourth-order valence-corrected chi connectivity index (χ4v) is 2.42. The molecule has 0 saturated heterocycles. The minimum atomic E-state index is -0.786. The highest BCUT2D eigenvalue weighted by atomic mass is 19.1. The van der Waals surface area contributed by atoms with Crippen LogP contribution in [0, 0.1) is 5.82 Å². The summed E-state index contributed by atoms with van der Waals surface area (Å²) >= 11 is 0. The van der Waals surface area contributed by atoms with E-state index in [1.54, 1.807) is 21.9 Å². The molecule has 1 atom stereocenters. The number of carbonyl (C=O) groups is 1. The van der Waals surface area contributed by atoms with Gasteiger partial charge in [-0.25, -0.2) is 9.18 Å². The molecule has 2 amide bonds. The van der Waals surface area contributed by atoms with Crippen molar-refractivity contribution in [2.45, 2.75) is 38.8 Å². The molecule has 116 valence electrons. The molecule has 1 unspecified atom stereocenters. The van der Waals surface area contributed by atoms with Crippen molar-refractivity contribution in [1.82, 2.24) is 9.80 Å². The minimum absolute atomic E-state index is 0.0244. The Balaban J connectivity index is 2.05. The molecule has 0 bridgehead atoms. The van der Waals surface area contributed by atoms with E-state index in [9.17, 15) is 14.3 Å². The van der Waals surface area contributed by atoms with Gasteiger partial charge in [0.2, 0.25) is 0 Å². The zero-order chi connectivity index (χ0) is 15.4. The van der Waals surface area contributed by atoms with Gasteiger partial charge in [-0.3, -0.25) is 0 Å². The molecule has 1 aromatic carbocycles. The number of aliphatic hydroxyl groups excluding tert-OH is 1. The van der Waals surface area contributed by atoms with E-state index in [2.05, 4.69) is 0 Å². The highest BCUT2D eigenvalue weighted by Crippen LogP contribution is 2.30. The molecule has 21 heavy (non-hydrogen) atoms. The highest BCUT2D eigenvalue weighted by Gasteiger charge is 2.35. The zero-order valence-electron chi connectivity index (χ0n) is 12.6. The first-order valence-electron chi connectivity index (χ1n) is 7.55. The Bertz CT molecular complexity index is 470. The van der Waals surface area contributed by atoms with Gasteiger partial charge in [0.15, 0.2) is 0 Å². The van der Waals surface area contributed by atoms with Crippen molar-refractivity contribution in [1.29, 1.82) is 0 Å². The zero-order valence-corrected chi connectivity index (χ0v) is 12.6. The van der Waals surface area contributed by atoms with Gasteiger partial charge in [-0.1, -0.05) is 12.1 Å². The second kappa shape index (κ2) is 6.89. The van der Waals surface area contributed by atoms with Crippen LogP contribution < -0.4 is 0 Å². The Hall–Kier alpha value is -1.62. The molecule has 2 rings (SSSR count). The van der Waals surface area contributed by atoms with Crippen molar-refractivity contribution in [2.24, 2.45) is 0 Å². The standard InChI is InChI=1S/C16H23FN2O2/c1-3-18(4-2)16(21)19(14-9-10-14)11-15(20)12-5-7-13(17)8-6-12/h5-8,14-15,20H,3-4,9-11H2,1-2H3. The van der Waals surface area contributed by atoms with Crippen molar-refractivity contribution in [3.63, 3.8) is 0 Å². The molecule has 1 aromatic rings. The number of carbonyl (C=O) groups excluding carboxylic acids is 1. The van der Waals surface area contributed by atoms with Crippen LogP contribution >= 0.6 is 0 Å². The summed E-state index contributed by atoms with van der Waals surface area (Å²) in [7, 11) is 0. The SMILES string of the molecule is CCN(CC)C(=O)N(CC(O)c1ccc(F)cc1)C1CC1. The van der Waals surface area contributed by atoms with Gasteiger partial charge in [-0.2, -0.15) is 0 Å². The lowest BCUT2D eigenvalue weighted by molar-refractivity contribution is 0.101. The largest absolute Gasteiger partial charge is 0.387 e. The van der Waals surface area contributed by atoms with E-state index in [1.807, 2.05) is 13.8 Å². The maximum atomic E-state index is 12.9. The van der Waals surface area contributed by atoms with Crippen LogP contribution in [0.1, 0.15) is 38.4 Å². The summed E-state index contributed by atoms with van der Waals surface area (Å²) in [4.78, 5) is 16.0. The van der Waals surface area contributed by atoms with Crippen LogP contribution in [0.3, 0.4) is 0 Å². The number of benzene rings is 1. The van der Waals surface area contributed by atoms with Crippen molar-refractivity contribution in [2.75, 3.05) is 19.6 Å². The molecule has 0 aromatic heterocycles. The third kappa shape index (κ3) is 3.94. The minimum Gasteiger partial charge on any atom is -0.387 e. The molecule has 1 aliphatic carbocycles. The van der Waals surface area contributed by atoms with Gasteiger partial charge in [0.05, 0.1) is 12.6 Å². The van der Waals surface area contributed by atoms with E-state index in [1.165, 1.54) is 12.1 Å². The summed E-state index contributed by atoms with van der Waals surface area (Å²) in [6.07, 6.45) is 1.19. The molecule has 1 N–H and O–H groups in total. The quantitative estimate of drug-likeness (QED) is 0.876. The molecule has 4 nitrogen and oxygen atoms in total. The van der Waals surface area contributed by atoms with Gasteiger partial charge in [0.1, 0.15) is 5.82 Å². The molecule has 1 aliphatic rings. The Morgan fingerprint density at radius 3 is 2.33 bits per heavy atom. The fourth-order valence-electron chi connectivity index (χ4n) is 2.42. The van der Waals surface area contributed by atoms with E-state index in [0.717, 1.165) is 12.8 Å². The average Bonchev–Trinajstić information content (AvgIpc) is 3.31. The molecule has 0 aliphatic heterocycles. The van der Waals surface area contributed by atoms with Crippen LogP contribution in [0.5, 0.6) is 0 Å². The first kappa shape index (κ1) is 15.8. The van der Waals surface area contributed by atoms with Crippen molar-refractivity contribution in [3.05, 3.63) is 35.6 Å². The molecule has 5 heteroatoms. The molecule has 0 heterocycles. The monoisotopic (exact) mass is 294 g/mol. The summed E-state index contributed by atoms with van der Waals surface area (Å²) in [5.41, 5.74) is 0.634. The maximum Gasteiger partial charge on any atom is 0.320 e. The van der Waals surface area contributed by atoms with E-state index in [0.29, 0.717) is 18.7 Å². The number of amides is 2. The topological polar surface area (TPSA) is 43.8 Å². The van der Waals surface area contributed by atoms with Crippen molar-refractivity contribution < 1.29 is 14.3 Å². The number of urea groups is 1. The third-order valence-corrected chi connectivity index (χ3v) is 3.89. The lowest BCUT2D eigenvalue weighted by atomic mass is 10.1. The molecular weight excluding hydrogens is 271 g/mol. The molecule has 0 spiro atoms. The van der Waals surface area contributed by atoms with E-state index in [4.69, 9.17) is 0 Å². The number of rotatable bonds is 6. The Labute approximate surface area is 125 Å². The normalized spacial score (nSPS) is 15.6. The smallest absolute Gasteiger partial charge is 0.320 e. The van der Waals surface area contributed by atoms with Gasteiger partial charge < -0.3 is 14.9 Å². The predicted molar refractivity (Wildman–Crippen MR) is 79.4 cm³/mol. The van der Waals surface area contributed by atoms with Crippen molar-refractivity contribution in [3.8, 4) is 0 Å². The summed E-state index contributed by atoms with van der Waals surface area (Å²) < 4.78 is 12.9. The lowest BCUT2D eigenvalue weighted by Crippen LogP contribution is -2.45. The summed E-state index contributed by atoms with van der Waals surface area (Å²) in [5.74, 6) is -0.329. The van der Waals surface area contributed by atoms with Crippen LogP contribution in [0.25, 0.3) is 0 Å². The Morgan fingerprint density at radius 2 is 1.86 bits per heavy atom.